The topological polar surface area (TPSA) is 155 Å². The summed E-state index contributed by atoms with van der Waals surface area (Å²) in [6, 6.07) is 9.06. The van der Waals surface area contributed by atoms with E-state index in [9.17, 15) is 34.4 Å². The monoisotopic (exact) mass is 459 g/mol. The van der Waals surface area contributed by atoms with Crippen LogP contribution in [0.15, 0.2) is 52.3 Å². The first-order valence-corrected chi connectivity index (χ1v) is 12.7. The maximum Gasteiger partial charge on any atom is 0.295 e. The number of hydrogen-bond acceptors (Lipinski definition) is 6. The zero-order valence-corrected chi connectivity index (χ0v) is 17.2. The Morgan fingerprint density at radius 3 is 1.90 bits per heavy atom. The van der Waals surface area contributed by atoms with Gasteiger partial charge in [-0.2, -0.15) is 16.8 Å². The summed E-state index contributed by atoms with van der Waals surface area (Å²) >= 11 is 0. The average Bonchev–Trinajstić information content (AvgIpc) is 3.44. The van der Waals surface area contributed by atoms with E-state index in [1.54, 1.807) is 0 Å². The molecule has 3 rings (SSSR count). The first kappa shape index (κ1) is 21.5. The molecular weight excluding hydrogens is 442 g/mol. The molecule has 0 aliphatic heterocycles. The summed E-state index contributed by atoms with van der Waals surface area (Å²) in [6.07, 6.45) is 3.52. The van der Waals surface area contributed by atoms with Crippen LogP contribution in [0.1, 0.15) is 24.0 Å². The number of rotatable bonds is 7. The normalized spacial score (nSPS) is 15.5. The molecule has 0 radical (unpaired) electrons. The molecule has 0 spiro atoms. The van der Waals surface area contributed by atoms with Gasteiger partial charge in [-0.15, -0.1) is 0 Å². The van der Waals surface area contributed by atoms with Crippen molar-refractivity contribution in [2.75, 3.05) is 4.72 Å². The second-order valence-corrected chi connectivity index (χ2v) is 11.2. The van der Waals surface area contributed by atoms with E-state index in [1.165, 1.54) is 48.6 Å². The number of benzene rings is 2. The Kier molecular flexibility index (Phi) is 5.58. The molecule has 0 atom stereocenters. The third kappa shape index (κ3) is 5.22. The van der Waals surface area contributed by atoms with Gasteiger partial charge in [0.15, 0.2) is 0 Å². The van der Waals surface area contributed by atoms with Crippen LogP contribution in [0.3, 0.4) is 0 Å². The molecule has 1 aliphatic carbocycles. The van der Waals surface area contributed by atoms with E-state index in [4.69, 9.17) is 0 Å². The van der Waals surface area contributed by atoms with Crippen molar-refractivity contribution in [1.82, 2.24) is 0 Å². The Labute approximate surface area is 168 Å². The van der Waals surface area contributed by atoms with E-state index in [0.717, 1.165) is 6.07 Å². The van der Waals surface area contributed by atoms with Crippen molar-refractivity contribution < 1.29 is 34.4 Å². The molecule has 29 heavy (non-hydrogen) atoms. The molecule has 12 heteroatoms. The van der Waals surface area contributed by atoms with E-state index in [1.807, 2.05) is 0 Å². The van der Waals surface area contributed by atoms with E-state index in [2.05, 4.69) is 4.72 Å². The van der Waals surface area contributed by atoms with Crippen LogP contribution in [0.2, 0.25) is 0 Å². The molecule has 3 N–H and O–H groups in total. The second-order valence-electron chi connectivity index (χ2n) is 6.42. The summed E-state index contributed by atoms with van der Waals surface area (Å²) in [5.74, 6) is 0. The lowest BCUT2D eigenvalue weighted by atomic mass is 10.1. The summed E-state index contributed by atoms with van der Waals surface area (Å²) in [4.78, 5) is -0.937. The number of sulfonamides is 1. The maximum absolute atomic E-state index is 12.0. The Morgan fingerprint density at radius 2 is 1.34 bits per heavy atom. The molecule has 0 aromatic heterocycles. The highest BCUT2D eigenvalue weighted by Crippen LogP contribution is 2.31. The summed E-state index contributed by atoms with van der Waals surface area (Å²) < 4.78 is 91.6. The van der Waals surface area contributed by atoms with Crippen molar-refractivity contribution in [1.29, 1.82) is 0 Å². The van der Waals surface area contributed by atoms with Gasteiger partial charge in [-0.05, 0) is 42.2 Å². The van der Waals surface area contributed by atoms with E-state index in [-0.39, 0.29) is 21.7 Å². The Hall–Kier alpha value is -2.25. The zero-order chi connectivity index (χ0) is 21.4. The smallest absolute Gasteiger partial charge is 0.283 e. The Morgan fingerprint density at radius 1 is 0.793 bits per heavy atom. The van der Waals surface area contributed by atoms with Crippen LogP contribution < -0.4 is 4.72 Å². The molecule has 1 fully saturated rings. The zero-order valence-electron chi connectivity index (χ0n) is 14.8. The third-order valence-corrected chi connectivity index (χ3v) is 7.86. The van der Waals surface area contributed by atoms with Crippen molar-refractivity contribution in [3.05, 3.63) is 53.6 Å². The summed E-state index contributed by atoms with van der Waals surface area (Å²) in [5, 5.41) is -0.520. The van der Waals surface area contributed by atoms with Gasteiger partial charge in [0.1, 0.15) is 9.79 Å². The lowest BCUT2D eigenvalue weighted by Gasteiger charge is -2.10. The fourth-order valence-corrected chi connectivity index (χ4v) is 5.39. The Bertz CT molecular complexity index is 1290. The number of nitrogens with one attached hydrogen (secondary N) is 1. The van der Waals surface area contributed by atoms with Crippen LogP contribution in [0, 0.1) is 0 Å². The number of hydrogen-bond donors (Lipinski definition) is 3. The first-order valence-electron chi connectivity index (χ1n) is 8.26. The van der Waals surface area contributed by atoms with Gasteiger partial charge in [-0.3, -0.25) is 13.8 Å². The molecule has 2 aromatic carbocycles. The van der Waals surface area contributed by atoms with Crippen LogP contribution in [0.4, 0.5) is 5.69 Å². The van der Waals surface area contributed by atoms with Gasteiger partial charge in [0.2, 0.25) is 10.0 Å². The molecule has 0 heterocycles. The van der Waals surface area contributed by atoms with Crippen molar-refractivity contribution in [3.63, 3.8) is 0 Å². The molecule has 1 saturated carbocycles. The second kappa shape index (κ2) is 7.54. The van der Waals surface area contributed by atoms with E-state index < -0.39 is 40.4 Å². The summed E-state index contributed by atoms with van der Waals surface area (Å²) in [5.41, 5.74) is 0.0572. The molecule has 2 aromatic rings. The molecule has 0 amide bonds. The highest BCUT2D eigenvalue weighted by atomic mass is 32.2. The van der Waals surface area contributed by atoms with Crippen molar-refractivity contribution in [3.8, 4) is 0 Å². The highest BCUT2D eigenvalue weighted by Gasteiger charge is 2.35. The van der Waals surface area contributed by atoms with Crippen LogP contribution in [-0.4, -0.2) is 39.6 Å². The van der Waals surface area contributed by atoms with Gasteiger partial charge in [-0.25, -0.2) is 8.42 Å². The van der Waals surface area contributed by atoms with Gasteiger partial charge < -0.3 is 0 Å². The minimum absolute atomic E-state index is 0.00740. The molecular formula is C17H17NO8S3. The lowest BCUT2D eigenvalue weighted by molar-refractivity contribution is 0.480. The van der Waals surface area contributed by atoms with Gasteiger partial charge in [0.05, 0.1) is 5.25 Å². The van der Waals surface area contributed by atoms with Gasteiger partial charge >= 0.3 is 0 Å². The minimum Gasteiger partial charge on any atom is -0.283 e. The van der Waals surface area contributed by atoms with Crippen LogP contribution in [0.5, 0.6) is 0 Å². The highest BCUT2D eigenvalue weighted by molar-refractivity contribution is 7.93. The maximum atomic E-state index is 12.0. The van der Waals surface area contributed by atoms with Crippen molar-refractivity contribution in [2.24, 2.45) is 0 Å². The van der Waals surface area contributed by atoms with Crippen LogP contribution in [0.25, 0.3) is 12.2 Å². The molecule has 0 saturated heterocycles. The van der Waals surface area contributed by atoms with Crippen LogP contribution >= 0.6 is 0 Å². The van der Waals surface area contributed by atoms with E-state index in [0.29, 0.717) is 12.8 Å². The van der Waals surface area contributed by atoms with Gasteiger partial charge in [0, 0.05) is 5.69 Å². The molecule has 0 bridgehead atoms. The fourth-order valence-electron chi connectivity index (χ4n) is 2.62. The Balaban J connectivity index is 2.01. The standard InChI is InChI=1S/C17H17NO8S3/c19-27(20,15-9-10-15)18-14-8-7-13(17(11-14)29(24,25)26)6-5-12-3-1-2-4-16(12)28(21,22)23/h1-8,11,15,18H,9-10H2,(H,21,22,23)(H,24,25,26). The van der Waals surface area contributed by atoms with E-state index >= 15 is 0 Å². The summed E-state index contributed by atoms with van der Waals surface area (Å²) in [7, 11) is -12.8. The minimum atomic E-state index is -4.71. The van der Waals surface area contributed by atoms with Gasteiger partial charge in [-0.1, -0.05) is 36.4 Å². The largest absolute Gasteiger partial charge is 0.295 e. The van der Waals surface area contributed by atoms with Crippen LogP contribution in [-0.2, 0) is 30.3 Å². The number of anilines is 1. The lowest BCUT2D eigenvalue weighted by Crippen LogP contribution is -2.17. The molecule has 0 unspecified atom stereocenters. The van der Waals surface area contributed by atoms with Crippen molar-refractivity contribution in [2.45, 2.75) is 27.9 Å². The molecule has 156 valence electrons. The average molecular weight is 460 g/mol. The SMILES string of the molecule is O=S(=O)(O)c1ccccc1C=Cc1ccc(NS(=O)(=O)C2CC2)cc1S(=O)(=O)O. The predicted octanol–water partition coefficient (Wildman–Crippen LogP) is 2.25. The fraction of sp³-hybridized carbons (Fsp3) is 0.176. The van der Waals surface area contributed by atoms with Crippen molar-refractivity contribution >= 4 is 48.1 Å². The van der Waals surface area contributed by atoms with Gasteiger partial charge in [0.25, 0.3) is 20.2 Å². The first-order chi connectivity index (χ1) is 13.4. The quantitative estimate of drug-likeness (QED) is 0.421. The third-order valence-electron chi connectivity index (χ3n) is 4.15. The summed E-state index contributed by atoms with van der Waals surface area (Å²) in [6.45, 7) is 0. The predicted molar refractivity (Wildman–Crippen MR) is 107 cm³/mol. The molecule has 1 aliphatic rings. The molecule has 9 nitrogen and oxygen atoms in total.